The van der Waals surface area contributed by atoms with Crippen LogP contribution in [0.4, 0.5) is 0 Å². The Balaban J connectivity index is 1.97. The first-order chi connectivity index (χ1) is 12.8. The van der Waals surface area contributed by atoms with Gasteiger partial charge in [0, 0.05) is 10.6 Å². The van der Waals surface area contributed by atoms with E-state index in [9.17, 15) is 18.3 Å². The molecule has 27 heavy (non-hydrogen) atoms. The zero-order valence-electron chi connectivity index (χ0n) is 14.1. The van der Waals surface area contributed by atoms with Crippen LogP contribution in [0.2, 0.25) is 5.02 Å². The first-order valence-electron chi connectivity index (χ1n) is 7.86. The molecule has 0 saturated carbocycles. The Bertz CT molecular complexity index is 1060. The third-order valence-corrected chi connectivity index (χ3v) is 5.64. The van der Waals surface area contributed by atoms with Crippen LogP contribution in [0.15, 0.2) is 64.0 Å². The van der Waals surface area contributed by atoms with E-state index in [4.69, 9.17) is 16.1 Å². The second-order valence-corrected chi connectivity index (χ2v) is 7.89. The van der Waals surface area contributed by atoms with Crippen molar-refractivity contribution in [3.05, 3.63) is 70.9 Å². The van der Waals surface area contributed by atoms with Crippen molar-refractivity contribution in [2.75, 3.05) is 0 Å². The average Bonchev–Trinajstić information content (AvgIpc) is 3.08. The van der Waals surface area contributed by atoms with Gasteiger partial charge in [-0.25, -0.2) is 17.9 Å². The molecule has 0 aliphatic carbocycles. The van der Waals surface area contributed by atoms with Crippen LogP contribution < -0.4 is 4.72 Å². The lowest BCUT2D eigenvalue weighted by Crippen LogP contribution is -2.27. The minimum absolute atomic E-state index is 0.0613. The molecule has 2 N–H and O–H groups in total. The lowest BCUT2D eigenvalue weighted by molar-refractivity contribution is 0.0694. The molecule has 3 aromatic rings. The Hall–Kier alpha value is -2.68. The molecule has 0 aliphatic rings. The van der Waals surface area contributed by atoms with Gasteiger partial charge in [-0.3, -0.25) is 0 Å². The number of halogens is 1. The van der Waals surface area contributed by atoms with Gasteiger partial charge < -0.3 is 9.63 Å². The maximum atomic E-state index is 12.5. The van der Waals surface area contributed by atoms with Gasteiger partial charge in [0.15, 0.2) is 5.76 Å². The van der Waals surface area contributed by atoms with Crippen molar-refractivity contribution in [2.45, 2.75) is 17.9 Å². The normalized spacial score (nSPS) is 12.7. The molecule has 0 amide bonds. The molecular weight excluding hydrogens is 392 g/mol. The molecule has 0 bridgehead atoms. The minimum atomic E-state index is -3.86. The van der Waals surface area contributed by atoms with Crippen LogP contribution in [0.3, 0.4) is 0 Å². The molecule has 0 saturated heterocycles. The summed E-state index contributed by atoms with van der Waals surface area (Å²) in [7, 11) is -3.86. The van der Waals surface area contributed by atoms with Crippen LogP contribution >= 0.6 is 11.6 Å². The lowest BCUT2D eigenvalue weighted by Gasteiger charge is -2.12. The number of carboxylic acid groups (broad SMARTS) is 1. The quantitative estimate of drug-likeness (QED) is 0.645. The fourth-order valence-corrected chi connectivity index (χ4v) is 3.91. The van der Waals surface area contributed by atoms with Gasteiger partial charge >= 0.3 is 5.97 Å². The molecule has 0 spiro atoms. The Morgan fingerprint density at radius 3 is 2.37 bits per heavy atom. The molecule has 9 heteroatoms. The molecule has 0 radical (unpaired) electrons. The number of nitrogens with zero attached hydrogens (tertiary/aromatic N) is 1. The summed E-state index contributed by atoms with van der Waals surface area (Å²) in [6, 6.07) is 13.2. The van der Waals surface area contributed by atoms with Crippen molar-refractivity contribution in [1.82, 2.24) is 9.88 Å². The molecule has 1 heterocycles. The van der Waals surface area contributed by atoms with E-state index in [0.717, 1.165) is 0 Å². The fourth-order valence-electron chi connectivity index (χ4n) is 2.56. The second-order valence-electron chi connectivity index (χ2n) is 5.74. The monoisotopic (exact) mass is 406 g/mol. The molecule has 0 fully saturated rings. The second kappa shape index (κ2) is 7.51. The van der Waals surface area contributed by atoms with Gasteiger partial charge in [0.25, 0.3) is 0 Å². The van der Waals surface area contributed by atoms with E-state index in [1.165, 1.54) is 19.1 Å². The number of hydrogen-bond acceptors (Lipinski definition) is 5. The van der Waals surface area contributed by atoms with Crippen molar-refractivity contribution in [1.29, 1.82) is 0 Å². The topological polar surface area (TPSA) is 110 Å². The summed E-state index contributed by atoms with van der Waals surface area (Å²) in [6.07, 6.45) is 0. The van der Waals surface area contributed by atoms with Crippen molar-refractivity contribution < 1.29 is 22.8 Å². The van der Waals surface area contributed by atoms with Crippen LogP contribution in [-0.2, 0) is 10.0 Å². The van der Waals surface area contributed by atoms with Gasteiger partial charge in [-0.05, 0) is 31.2 Å². The molecule has 3 rings (SSSR count). The standard InChI is InChI=1S/C18H15ClN2O5S/c1-11(21-27(24,25)14-5-3-2-4-6-14)17-15(18(22)23)16(20-26-17)12-7-9-13(19)10-8-12/h2-11,21H,1H3,(H,22,23). The first kappa shape index (κ1) is 19.1. The summed E-state index contributed by atoms with van der Waals surface area (Å²) in [6.45, 7) is 1.49. The van der Waals surface area contributed by atoms with E-state index >= 15 is 0 Å². The summed E-state index contributed by atoms with van der Waals surface area (Å²) in [5.74, 6) is -1.37. The Kier molecular flexibility index (Phi) is 5.31. The maximum Gasteiger partial charge on any atom is 0.341 e. The van der Waals surface area contributed by atoms with E-state index in [1.54, 1.807) is 42.5 Å². The summed E-state index contributed by atoms with van der Waals surface area (Å²) in [4.78, 5) is 11.8. The fraction of sp³-hybridized carbons (Fsp3) is 0.111. The molecule has 140 valence electrons. The Morgan fingerprint density at radius 2 is 1.78 bits per heavy atom. The molecule has 0 aliphatic heterocycles. The van der Waals surface area contributed by atoms with E-state index in [2.05, 4.69) is 9.88 Å². The van der Waals surface area contributed by atoms with E-state index in [-0.39, 0.29) is 21.9 Å². The first-order valence-corrected chi connectivity index (χ1v) is 9.72. The van der Waals surface area contributed by atoms with E-state index in [0.29, 0.717) is 10.6 Å². The summed E-state index contributed by atoms with van der Waals surface area (Å²) in [5.41, 5.74) is 0.380. The number of carbonyl (C=O) groups is 1. The molecule has 7 nitrogen and oxygen atoms in total. The highest BCUT2D eigenvalue weighted by Crippen LogP contribution is 2.30. The van der Waals surface area contributed by atoms with Crippen LogP contribution in [0.25, 0.3) is 11.3 Å². The third-order valence-electron chi connectivity index (χ3n) is 3.83. The van der Waals surface area contributed by atoms with Crippen LogP contribution in [0, 0.1) is 0 Å². The number of nitrogens with one attached hydrogen (secondary N) is 1. The number of rotatable bonds is 6. The number of carboxylic acids is 1. The van der Waals surface area contributed by atoms with Gasteiger partial charge in [-0.1, -0.05) is 47.1 Å². The van der Waals surface area contributed by atoms with Crippen LogP contribution in [-0.4, -0.2) is 24.7 Å². The van der Waals surface area contributed by atoms with Crippen LogP contribution in [0.1, 0.15) is 29.1 Å². The van der Waals surface area contributed by atoms with Crippen molar-refractivity contribution in [3.63, 3.8) is 0 Å². The predicted octanol–water partition coefficient (Wildman–Crippen LogP) is 3.73. The third kappa shape index (κ3) is 4.02. The maximum absolute atomic E-state index is 12.5. The number of hydrogen-bond donors (Lipinski definition) is 2. The Morgan fingerprint density at radius 1 is 1.15 bits per heavy atom. The average molecular weight is 407 g/mol. The predicted molar refractivity (Wildman–Crippen MR) is 99.1 cm³/mol. The van der Waals surface area contributed by atoms with Gasteiger partial charge in [-0.2, -0.15) is 0 Å². The number of aromatic nitrogens is 1. The van der Waals surface area contributed by atoms with Gasteiger partial charge in [0.05, 0.1) is 10.9 Å². The zero-order valence-corrected chi connectivity index (χ0v) is 15.7. The number of aromatic carboxylic acids is 1. The number of sulfonamides is 1. The zero-order chi connectivity index (χ0) is 19.6. The SMILES string of the molecule is CC(NS(=O)(=O)c1ccccc1)c1onc(-c2ccc(Cl)cc2)c1C(=O)O. The van der Waals surface area contributed by atoms with Gasteiger partial charge in [0.1, 0.15) is 11.3 Å². The summed E-state index contributed by atoms with van der Waals surface area (Å²) >= 11 is 5.85. The smallest absolute Gasteiger partial charge is 0.341 e. The molecule has 2 aromatic carbocycles. The molecule has 1 atom stereocenters. The lowest BCUT2D eigenvalue weighted by atomic mass is 10.0. The minimum Gasteiger partial charge on any atom is -0.477 e. The van der Waals surface area contributed by atoms with E-state index in [1.807, 2.05) is 0 Å². The Labute approximate surface area is 160 Å². The molecular formula is C18H15ClN2O5S. The van der Waals surface area contributed by atoms with Crippen LogP contribution in [0.5, 0.6) is 0 Å². The van der Waals surface area contributed by atoms with Crippen molar-refractivity contribution in [3.8, 4) is 11.3 Å². The highest BCUT2D eigenvalue weighted by atomic mass is 35.5. The van der Waals surface area contributed by atoms with Crippen molar-refractivity contribution in [2.24, 2.45) is 0 Å². The molecule has 1 unspecified atom stereocenters. The number of benzene rings is 2. The van der Waals surface area contributed by atoms with Gasteiger partial charge in [-0.15, -0.1) is 0 Å². The highest BCUT2D eigenvalue weighted by Gasteiger charge is 2.29. The van der Waals surface area contributed by atoms with Gasteiger partial charge in [0.2, 0.25) is 10.0 Å². The summed E-state index contributed by atoms with van der Waals surface area (Å²) in [5, 5.41) is 13.9. The van der Waals surface area contributed by atoms with E-state index < -0.39 is 22.0 Å². The summed E-state index contributed by atoms with van der Waals surface area (Å²) < 4.78 is 32.6. The molecule has 1 aromatic heterocycles. The largest absolute Gasteiger partial charge is 0.477 e. The highest BCUT2D eigenvalue weighted by molar-refractivity contribution is 7.89. The van der Waals surface area contributed by atoms with Crippen molar-refractivity contribution >= 4 is 27.6 Å².